The number of nitrogens with zero attached hydrogens (tertiary/aromatic N) is 2. The Morgan fingerprint density at radius 3 is 2.55 bits per heavy atom. The molecule has 0 saturated carbocycles. The molecule has 144 valence electrons. The average molecular weight is 383 g/mol. The van der Waals surface area contributed by atoms with Gasteiger partial charge in [0.05, 0.1) is 5.69 Å². The van der Waals surface area contributed by atoms with Crippen LogP contribution in [0, 0.1) is 11.3 Å². The number of nitrogens with one attached hydrogen (secondary N) is 1. The van der Waals surface area contributed by atoms with Crippen molar-refractivity contribution in [2.45, 2.75) is 13.0 Å². The Bertz CT molecular complexity index is 1010. The molecule has 29 heavy (non-hydrogen) atoms. The van der Waals surface area contributed by atoms with E-state index in [0.717, 1.165) is 11.3 Å². The Hall–Kier alpha value is -3.91. The molecule has 0 radical (unpaired) electrons. The summed E-state index contributed by atoms with van der Waals surface area (Å²) in [6.45, 7) is 0.760. The van der Waals surface area contributed by atoms with Gasteiger partial charge in [0.1, 0.15) is 24.0 Å². The summed E-state index contributed by atoms with van der Waals surface area (Å²) in [6.07, 6.45) is 3.96. The zero-order chi connectivity index (χ0) is 20.3. The van der Waals surface area contributed by atoms with E-state index in [2.05, 4.69) is 10.3 Å². The Balaban J connectivity index is 1.65. The number of hydrogen-bond donors (Lipinski definition) is 1. The zero-order valence-corrected chi connectivity index (χ0v) is 15.9. The fourth-order valence-corrected chi connectivity index (χ4v) is 2.73. The highest BCUT2D eigenvalue weighted by atomic mass is 16.5. The van der Waals surface area contributed by atoms with E-state index in [9.17, 15) is 10.1 Å². The molecule has 1 amide bonds. The second-order valence-electron chi connectivity index (χ2n) is 6.31. The van der Waals surface area contributed by atoms with Crippen molar-refractivity contribution in [3.05, 3.63) is 101 Å². The number of rotatable bonds is 8. The molecule has 0 spiro atoms. The molecule has 2 aromatic carbocycles. The van der Waals surface area contributed by atoms with Gasteiger partial charge in [0, 0.05) is 18.3 Å². The minimum atomic E-state index is -0.400. The first-order chi connectivity index (χ1) is 14.3. The molecular weight excluding hydrogens is 362 g/mol. The third kappa shape index (κ3) is 6.05. The molecule has 0 unspecified atom stereocenters. The lowest BCUT2D eigenvalue weighted by Crippen LogP contribution is -2.26. The van der Waals surface area contributed by atoms with Crippen LogP contribution in [0.5, 0.6) is 5.75 Å². The van der Waals surface area contributed by atoms with Crippen LogP contribution in [0.25, 0.3) is 6.08 Å². The lowest BCUT2D eigenvalue weighted by molar-refractivity contribution is -0.117. The number of aromatic nitrogens is 1. The van der Waals surface area contributed by atoms with E-state index >= 15 is 0 Å². The van der Waals surface area contributed by atoms with Gasteiger partial charge in [0.2, 0.25) is 0 Å². The Kier molecular flexibility index (Phi) is 7.14. The summed E-state index contributed by atoms with van der Waals surface area (Å²) in [5.74, 6) is 0.186. The molecule has 1 N–H and O–H groups in total. The van der Waals surface area contributed by atoms with Gasteiger partial charge in [-0.25, -0.2) is 0 Å². The topological polar surface area (TPSA) is 75.0 Å². The number of hydrogen-bond acceptors (Lipinski definition) is 4. The second kappa shape index (κ2) is 10.4. The minimum Gasteiger partial charge on any atom is -0.487 e. The highest BCUT2D eigenvalue weighted by Gasteiger charge is 2.10. The van der Waals surface area contributed by atoms with E-state index in [4.69, 9.17) is 4.74 Å². The molecule has 0 aliphatic carbocycles. The second-order valence-corrected chi connectivity index (χ2v) is 6.31. The van der Waals surface area contributed by atoms with Crippen LogP contribution in [0.4, 0.5) is 0 Å². The van der Waals surface area contributed by atoms with Crippen LogP contribution in [0.15, 0.2) is 84.6 Å². The summed E-state index contributed by atoms with van der Waals surface area (Å²) in [4.78, 5) is 16.6. The van der Waals surface area contributed by atoms with Gasteiger partial charge < -0.3 is 10.1 Å². The van der Waals surface area contributed by atoms with E-state index in [1.165, 1.54) is 0 Å². The molecule has 1 heterocycles. The molecule has 0 aliphatic rings. The van der Waals surface area contributed by atoms with Gasteiger partial charge in [-0.1, -0.05) is 54.6 Å². The summed E-state index contributed by atoms with van der Waals surface area (Å²) < 4.78 is 5.84. The fraction of sp³-hybridized carbons (Fsp3) is 0.125. The molecule has 0 bridgehead atoms. The Labute approximate surface area is 170 Å². The van der Waals surface area contributed by atoms with Crippen LogP contribution in [-0.4, -0.2) is 17.4 Å². The predicted octanol–water partition coefficient (Wildman–Crippen LogP) is 3.93. The number of ether oxygens (including phenoxy) is 1. The SMILES string of the molecule is N#C/C(=C\c1ccccc1OCc1ccccn1)C(=O)NCCc1ccccc1. The van der Waals surface area contributed by atoms with E-state index in [0.29, 0.717) is 30.9 Å². The summed E-state index contributed by atoms with van der Waals surface area (Å²) in [6, 6.07) is 24.8. The maximum atomic E-state index is 12.4. The van der Waals surface area contributed by atoms with Gasteiger partial charge in [0.15, 0.2) is 0 Å². The van der Waals surface area contributed by atoms with Crippen LogP contribution in [0.1, 0.15) is 16.8 Å². The molecule has 3 rings (SSSR count). The smallest absolute Gasteiger partial charge is 0.261 e. The number of amides is 1. The molecule has 5 nitrogen and oxygen atoms in total. The summed E-state index contributed by atoms with van der Waals surface area (Å²) >= 11 is 0. The van der Waals surface area contributed by atoms with E-state index < -0.39 is 5.91 Å². The normalized spacial score (nSPS) is 10.8. The van der Waals surface area contributed by atoms with Crippen molar-refractivity contribution in [3.63, 3.8) is 0 Å². The predicted molar refractivity (Wildman–Crippen MR) is 112 cm³/mol. The van der Waals surface area contributed by atoms with Crippen LogP contribution in [0.3, 0.4) is 0 Å². The van der Waals surface area contributed by atoms with Gasteiger partial charge in [-0.05, 0) is 36.3 Å². The van der Waals surface area contributed by atoms with E-state index in [1.54, 1.807) is 18.3 Å². The monoisotopic (exact) mass is 383 g/mol. The molecule has 0 atom stereocenters. The van der Waals surface area contributed by atoms with Crippen LogP contribution < -0.4 is 10.1 Å². The van der Waals surface area contributed by atoms with E-state index in [-0.39, 0.29) is 5.57 Å². The van der Waals surface area contributed by atoms with Crippen LogP contribution in [-0.2, 0) is 17.8 Å². The van der Waals surface area contributed by atoms with Crippen molar-refractivity contribution < 1.29 is 9.53 Å². The number of carbonyl (C=O) groups excluding carboxylic acids is 1. The maximum Gasteiger partial charge on any atom is 0.261 e. The number of carbonyl (C=O) groups is 1. The molecule has 0 aliphatic heterocycles. The summed E-state index contributed by atoms with van der Waals surface area (Å²) in [5.41, 5.74) is 2.62. The average Bonchev–Trinajstić information content (AvgIpc) is 2.78. The largest absolute Gasteiger partial charge is 0.487 e. The highest BCUT2D eigenvalue weighted by Crippen LogP contribution is 2.22. The van der Waals surface area contributed by atoms with Gasteiger partial charge >= 0.3 is 0 Å². The van der Waals surface area contributed by atoms with Gasteiger partial charge in [0.25, 0.3) is 5.91 Å². The van der Waals surface area contributed by atoms with E-state index in [1.807, 2.05) is 72.8 Å². The van der Waals surface area contributed by atoms with Gasteiger partial charge in [-0.2, -0.15) is 5.26 Å². The number of nitriles is 1. The van der Waals surface area contributed by atoms with Crippen LogP contribution >= 0.6 is 0 Å². The van der Waals surface area contributed by atoms with Gasteiger partial charge in [-0.3, -0.25) is 9.78 Å². The van der Waals surface area contributed by atoms with Crippen molar-refractivity contribution in [2.24, 2.45) is 0 Å². The maximum absolute atomic E-state index is 12.4. The Morgan fingerprint density at radius 1 is 1.03 bits per heavy atom. The standard InChI is InChI=1S/C24H21N3O2/c25-17-21(24(28)27-15-13-19-8-2-1-3-9-19)16-20-10-4-5-12-23(20)29-18-22-11-6-7-14-26-22/h1-12,14,16H,13,15,18H2,(H,27,28)/b21-16+. The highest BCUT2D eigenvalue weighted by molar-refractivity contribution is 6.01. The fourth-order valence-electron chi connectivity index (χ4n) is 2.73. The van der Waals surface area contributed by atoms with Crippen molar-refractivity contribution in [2.75, 3.05) is 6.54 Å². The third-order valence-electron chi connectivity index (χ3n) is 4.23. The Morgan fingerprint density at radius 2 is 1.79 bits per heavy atom. The van der Waals surface area contributed by atoms with Gasteiger partial charge in [-0.15, -0.1) is 0 Å². The summed E-state index contributed by atoms with van der Waals surface area (Å²) in [5, 5.41) is 12.2. The molecule has 3 aromatic rings. The van der Waals surface area contributed by atoms with Crippen molar-refractivity contribution >= 4 is 12.0 Å². The molecule has 0 fully saturated rings. The quantitative estimate of drug-likeness (QED) is 0.472. The number of benzene rings is 2. The van der Waals surface area contributed by atoms with Crippen LogP contribution in [0.2, 0.25) is 0 Å². The first kappa shape index (κ1) is 19.8. The van der Waals surface area contributed by atoms with Crippen molar-refractivity contribution in [1.82, 2.24) is 10.3 Å². The lowest BCUT2D eigenvalue weighted by Gasteiger charge is -2.09. The van der Waals surface area contributed by atoms with Crippen molar-refractivity contribution in [1.29, 1.82) is 5.26 Å². The number of pyridine rings is 1. The van der Waals surface area contributed by atoms with Crippen molar-refractivity contribution in [3.8, 4) is 11.8 Å². The molecular formula is C24H21N3O2. The zero-order valence-electron chi connectivity index (χ0n) is 15.9. The number of para-hydroxylation sites is 1. The first-order valence-electron chi connectivity index (χ1n) is 9.32. The molecule has 0 saturated heterocycles. The lowest BCUT2D eigenvalue weighted by atomic mass is 10.1. The third-order valence-corrected chi connectivity index (χ3v) is 4.23. The molecule has 5 heteroatoms. The minimum absolute atomic E-state index is 0.0342. The molecule has 1 aromatic heterocycles. The summed E-state index contributed by atoms with van der Waals surface area (Å²) in [7, 11) is 0. The first-order valence-corrected chi connectivity index (χ1v) is 9.32.